The maximum absolute atomic E-state index is 12.7. The Balaban J connectivity index is 1.84. The second kappa shape index (κ2) is 5.06. The van der Waals surface area contributed by atoms with Crippen molar-refractivity contribution in [1.82, 2.24) is 10.2 Å². The van der Waals surface area contributed by atoms with Crippen LogP contribution in [-0.4, -0.2) is 35.9 Å². The minimum Gasteiger partial charge on any atom is -0.496 e. The lowest BCUT2D eigenvalue weighted by Crippen LogP contribution is -2.66. The molecule has 112 valence electrons. The van der Waals surface area contributed by atoms with E-state index in [-0.39, 0.29) is 24.3 Å². The van der Waals surface area contributed by atoms with E-state index in [4.69, 9.17) is 4.74 Å². The quantitative estimate of drug-likeness (QED) is 0.909. The van der Waals surface area contributed by atoms with E-state index in [0.29, 0.717) is 6.54 Å². The standard InChI is InChI=1S/C16H20N2O3/c1-16(12-7-8-12)15(20)18(10-14(19)17-16)9-11-5-3-4-6-13(11)21-2/h3-6,12H,7-10H2,1-2H3,(H,17,19). The van der Waals surface area contributed by atoms with Crippen molar-refractivity contribution < 1.29 is 14.3 Å². The van der Waals surface area contributed by atoms with Crippen molar-refractivity contribution in [1.29, 1.82) is 0 Å². The number of piperazine rings is 1. The molecule has 1 unspecified atom stereocenters. The van der Waals surface area contributed by atoms with E-state index in [1.54, 1.807) is 12.0 Å². The van der Waals surface area contributed by atoms with Crippen molar-refractivity contribution in [2.24, 2.45) is 5.92 Å². The summed E-state index contributed by atoms with van der Waals surface area (Å²) in [5.74, 6) is 0.938. The van der Waals surface area contributed by atoms with Crippen LogP contribution in [0.4, 0.5) is 0 Å². The molecule has 0 aromatic heterocycles. The second-order valence-corrected chi connectivity index (χ2v) is 6.00. The van der Waals surface area contributed by atoms with Gasteiger partial charge in [0, 0.05) is 12.1 Å². The van der Waals surface area contributed by atoms with Crippen LogP contribution in [0.15, 0.2) is 24.3 Å². The molecular formula is C16H20N2O3. The molecule has 3 rings (SSSR count). The Labute approximate surface area is 124 Å². The highest BCUT2D eigenvalue weighted by atomic mass is 16.5. The van der Waals surface area contributed by atoms with Crippen molar-refractivity contribution in [3.05, 3.63) is 29.8 Å². The van der Waals surface area contributed by atoms with Crippen LogP contribution < -0.4 is 10.1 Å². The van der Waals surface area contributed by atoms with Gasteiger partial charge in [0.25, 0.3) is 0 Å². The number of amides is 2. The van der Waals surface area contributed by atoms with Crippen molar-refractivity contribution in [2.45, 2.75) is 31.8 Å². The summed E-state index contributed by atoms with van der Waals surface area (Å²) in [4.78, 5) is 26.4. The molecule has 5 heteroatoms. The number of nitrogens with one attached hydrogen (secondary N) is 1. The summed E-state index contributed by atoms with van der Waals surface area (Å²) in [6.07, 6.45) is 2.01. The van der Waals surface area contributed by atoms with Gasteiger partial charge in [-0.05, 0) is 31.7 Å². The van der Waals surface area contributed by atoms with Crippen molar-refractivity contribution in [3.63, 3.8) is 0 Å². The Bertz CT molecular complexity index is 583. The molecule has 21 heavy (non-hydrogen) atoms. The van der Waals surface area contributed by atoms with E-state index in [0.717, 1.165) is 24.2 Å². The molecular weight excluding hydrogens is 268 g/mol. The fraction of sp³-hybridized carbons (Fsp3) is 0.500. The van der Waals surface area contributed by atoms with Crippen LogP contribution >= 0.6 is 0 Å². The molecule has 2 fully saturated rings. The first-order valence-electron chi connectivity index (χ1n) is 7.27. The number of ether oxygens (including phenoxy) is 1. The Morgan fingerprint density at radius 2 is 2.05 bits per heavy atom. The number of methoxy groups -OCH3 is 1. The molecule has 2 aliphatic rings. The van der Waals surface area contributed by atoms with Gasteiger partial charge in [-0.25, -0.2) is 0 Å². The zero-order chi connectivity index (χ0) is 15.0. The largest absolute Gasteiger partial charge is 0.496 e. The molecule has 1 saturated carbocycles. The number of carbonyl (C=O) groups is 2. The summed E-state index contributed by atoms with van der Waals surface area (Å²) in [6.45, 7) is 2.36. The zero-order valence-corrected chi connectivity index (χ0v) is 12.4. The van der Waals surface area contributed by atoms with Crippen LogP contribution in [0.1, 0.15) is 25.3 Å². The van der Waals surface area contributed by atoms with Gasteiger partial charge in [0.05, 0.1) is 13.7 Å². The molecule has 1 N–H and O–H groups in total. The third kappa shape index (κ3) is 2.48. The lowest BCUT2D eigenvalue weighted by Gasteiger charge is -2.40. The summed E-state index contributed by atoms with van der Waals surface area (Å²) in [5, 5.41) is 2.89. The van der Waals surface area contributed by atoms with Gasteiger partial charge in [-0.1, -0.05) is 18.2 Å². The van der Waals surface area contributed by atoms with E-state index in [2.05, 4.69) is 5.32 Å². The average molecular weight is 288 g/mol. The van der Waals surface area contributed by atoms with Crippen LogP contribution in [0, 0.1) is 5.92 Å². The molecule has 2 amide bonds. The predicted octanol–water partition coefficient (Wildman–Crippen LogP) is 1.32. The number of benzene rings is 1. The summed E-state index contributed by atoms with van der Waals surface area (Å²) in [6, 6.07) is 7.59. The number of nitrogens with zero attached hydrogens (tertiary/aromatic N) is 1. The number of para-hydroxylation sites is 1. The molecule has 1 aromatic carbocycles. The smallest absolute Gasteiger partial charge is 0.249 e. The topological polar surface area (TPSA) is 58.6 Å². The van der Waals surface area contributed by atoms with Gasteiger partial charge in [0.1, 0.15) is 11.3 Å². The van der Waals surface area contributed by atoms with Crippen LogP contribution in [0.25, 0.3) is 0 Å². The van der Waals surface area contributed by atoms with E-state index in [9.17, 15) is 9.59 Å². The molecule has 1 aromatic rings. The molecule has 0 bridgehead atoms. The highest BCUT2D eigenvalue weighted by Crippen LogP contribution is 2.41. The molecule has 0 spiro atoms. The number of hydrogen-bond donors (Lipinski definition) is 1. The van der Waals surface area contributed by atoms with Crippen molar-refractivity contribution in [3.8, 4) is 5.75 Å². The van der Waals surface area contributed by atoms with E-state index >= 15 is 0 Å². The van der Waals surface area contributed by atoms with Crippen LogP contribution in [0.5, 0.6) is 5.75 Å². The Morgan fingerprint density at radius 3 is 2.71 bits per heavy atom. The number of rotatable bonds is 4. The van der Waals surface area contributed by atoms with Gasteiger partial charge >= 0.3 is 0 Å². The highest BCUT2D eigenvalue weighted by molar-refractivity contribution is 5.98. The van der Waals surface area contributed by atoms with Crippen molar-refractivity contribution in [2.75, 3.05) is 13.7 Å². The minimum atomic E-state index is -0.739. The average Bonchev–Trinajstić information content (AvgIpc) is 3.30. The molecule has 0 radical (unpaired) electrons. The van der Waals surface area contributed by atoms with Gasteiger partial charge in [0.15, 0.2) is 0 Å². The summed E-state index contributed by atoms with van der Waals surface area (Å²) in [5.41, 5.74) is 0.179. The van der Waals surface area contributed by atoms with Gasteiger partial charge in [-0.2, -0.15) is 0 Å². The van der Waals surface area contributed by atoms with E-state index < -0.39 is 5.54 Å². The first kappa shape index (κ1) is 13.9. The monoisotopic (exact) mass is 288 g/mol. The van der Waals surface area contributed by atoms with Crippen LogP contribution in [0.2, 0.25) is 0 Å². The summed E-state index contributed by atoms with van der Waals surface area (Å²) < 4.78 is 5.32. The molecule has 1 heterocycles. The fourth-order valence-corrected chi connectivity index (χ4v) is 3.06. The SMILES string of the molecule is COc1ccccc1CN1CC(=O)NC(C)(C2CC2)C1=O. The van der Waals surface area contributed by atoms with E-state index in [1.807, 2.05) is 31.2 Å². The second-order valence-electron chi connectivity index (χ2n) is 6.00. The van der Waals surface area contributed by atoms with Gasteiger partial charge in [-0.3, -0.25) is 9.59 Å². The van der Waals surface area contributed by atoms with Gasteiger partial charge in [0.2, 0.25) is 11.8 Å². The van der Waals surface area contributed by atoms with Crippen LogP contribution in [0.3, 0.4) is 0 Å². The third-order valence-corrected chi connectivity index (χ3v) is 4.41. The van der Waals surface area contributed by atoms with Gasteiger partial charge in [-0.15, -0.1) is 0 Å². The molecule has 1 saturated heterocycles. The molecule has 1 aliphatic heterocycles. The normalized spacial score (nSPS) is 25.7. The fourth-order valence-electron chi connectivity index (χ4n) is 3.06. The maximum Gasteiger partial charge on any atom is 0.249 e. The summed E-state index contributed by atoms with van der Waals surface area (Å²) >= 11 is 0. The maximum atomic E-state index is 12.7. The first-order valence-corrected chi connectivity index (χ1v) is 7.27. The lowest BCUT2D eigenvalue weighted by atomic mass is 9.91. The summed E-state index contributed by atoms with van der Waals surface area (Å²) in [7, 11) is 1.61. The first-order chi connectivity index (χ1) is 10.0. The Morgan fingerprint density at radius 1 is 1.33 bits per heavy atom. The molecule has 1 atom stereocenters. The predicted molar refractivity (Wildman–Crippen MR) is 77.7 cm³/mol. The third-order valence-electron chi connectivity index (χ3n) is 4.41. The number of hydrogen-bond acceptors (Lipinski definition) is 3. The van der Waals surface area contributed by atoms with Crippen LogP contribution in [-0.2, 0) is 16.1 Å². The molecule has 5 nitrogen and oxygen atoms in total. The zero-order valence-electron chi connectivity index (χ0n) is 12.4. The van der Waals surface area contributed by atoms with E-state index in [1.165, 1.54) is 0 Å². The molecule has 1 aliphatic carbocycles. The van der Waals surface area contributed by atoms with Crippen molar-refractivity contribution >= 4 is 11.8 Å². The lowest BCUT2D eigenvalue weighted by molar-refractivity contribution is -0.150. The number of carbonyl (C=O) groups excluding carboxylic acids is 2. The minimum absolute atomic E-state index is 0.00973. The Hall–Kier alpha value is -2.04. The Kier molecular flexibility index (Phi) is 3.35. The highest BCUT2D eigenvalue weighted by Gasteiger charge is 2.52. The van der Waals surface area contributed by atoms with Gasteiger partial charge < -0.3 is 15.0 Å².